The number of hydrogen-bond donors (Lipinski definition) is 1. The van der Waals surface area contributed by atoms with E-state index >= 15 is 0 Å². The average Bonchev–Trinajstić information content (AvgIpc) is 3.48. The molecule has 0 bridgehead atoms. The minimum Gasteiger partial charge on any atom is -0.390 e. The molecule has 1 aromatic carbocycles. The highest BCUT2D eigenvalue weighted by Crippen LogP contribution is 2.39. The fourth-order valence-corrected chi connectivity index (χ4v) is 3.95. The van der Waals surface area contributed by atoms with Crippen LogP contribution in [0.3, 0.4) is 0 Å². The quantitative estimate of drug-likeness (QED) is 0.226. The Bertz CT molecular complexity index is 640. The zero-order valence-electron chi connectivity index (χ0n) is 18.0. The van der Waals surface area contributed by atoms with Gasteiger partial charge in [-0.05, 0) is 5.56 Å². The molecule has 30 heavy (non-hydrogen) atoms. The highest BCUT2D eigenvalue weighted by atomic mass is 16.7. The van der Waals surface area contributed by atoms with Crippen molar-refractivity contribution < 1.29 is 33.5 Å². The van der Waals surface area contributed by atoms with Crippen molar-refractivity contribution in [2.75, 3.05) is 27.1 Å². The normalized spacial score (nSPS) is 32.7. The molecule has 2 aliphatic heterocycles. The first kappa shape index (κ1) is 23.3. The number of methoxy groups -OCH3 is 1. The molecule has 2 heterocycles. The average molecular weight is 423 g/mol. The van der Waals surface area contributed by atoms with Gasteiger partial charge in [-0.2, -0.15) is 0 Å². The molecule has 2 fully saturated rings. The molecule has 7 heteroatoms. The lowest BCUT2D eigenvalue weighted by Gasteiger charge is -2.30. The van der Waals surface area contributed by atoms with Gasteiger partial charge in [0.05, 0.1) is 38.1 Å². The van der Waals surface area contributed by atoms with E-state index in [1.54, 1.807) is 13.2 Å². The van der Waals surface area contributed by atoms with Gasteiger partial charge >= 0.3 is 0 Å². The standard InChI is InChI=1S/C23H34O7/c1-5-11-27-23-15(2)19(24)22(30-23)21(28-12-17-9-7-6-8-10-17)16(3)20-18(29-20)13-26-14-25-4/h5-10,15-16,18-24H,1,11-14H2,2-4H3/t15-,16-,18-,19-,20-,21+,22-,23+/m1/s1. The van der Waals surface area contributed by atoms with Crippen LogP contribution in [0.2, 0.25) is 0 Å². The number of hydrogen-bond acceptors (Lipinski definition) is 7. The lowest BCUT2D eigenvalue weighted by atomic mass is 9.89. The fraction of sp³-hybridized carbons (Fsp3) is 0.652. The fourth-order valence-electron chi connectivity index (χ4n) is 3.95. The Morgan fingerprint density at radius 2 is 1.97 bits per heavy atom. The van der Waals surface area contributed by atoms with Gasteiger partial charge in [0.25, 0.3) is 0 Å². The highest BCUT2D eigenvalue weighted by Gasteiger charge is 2.53. The number of rotatable bonds is 13. The smallest absolute Gasteiger partial charge is 0.163 e. The molecule has 1 aromatic rings. The summed E-state index contributed by atoms with van der Waals surface area (Å²) in [6.45, 7) is 9.15. The van der Waals surface area contributed by atoms with E-state index < -0.39 is 18.5 Å². The van der Waals surface area contributed by atoms with Crippen LogP contribution in [0.25, 0.3) is 0 Å². The van der Waals surface area contributed by atoms with Crippen LogP contribution in [0, 0.1) is 11.8 Å². The molecule has 0 unspecified atom stereocenters. The second-order valence-corrected chi connectivity index (χ2v) is 7.98. The van der Waals surface area contributed by atoms with E-state index in [0.717, 1.165) is 5.56 Å². The monoisotopic (exact) mass is 422 g/mol. The summed E-state index contributed by atoms with van der Waals surface area (Å²) < 4.78 is 34.3. The molecule has 7 nitrogen and oxygen atoms in total. The first-order valence-electron chi connectivity index (χ1n) is 10.5. The van der Waals surface area contributed by atoms with Crippen LogP contribution in [0.5, 0.6) is 0 Å². The van der Waals surface area contributed by atoms with Crippen LogP contribution in [0.1, 0.15) is 19.4 Å². The van der Waals surface area contributed by atoms with Gasteiger partial charge in [-0.1, -0.05) is 50.3 Å². The minimum atomic E-state index is -0.704. The number of epoxide rings is 1. The minimum absolute atomic E-state index is 0.00476. The van der Waals surface area contributed by atoms with Crippen molar-refractivity contribution in [1.82, 2.24) is 0 Å². The first-order chi connectivity index (χ1) is 14.6. The van der Waals surface area contributed by atoms with Crippen molar-refractivity contribution in [3.05, 3.63) is 48.6 Å². The van der Waals surface area contributed by atoms with E-state index in [4.69, 9.17) is 28.4 Å². The molecule has 0 spiro atoms. The molecular formula is C23H34O7. The third-order valence-electron chi connectivity index (χ3n) is 5.72. The molecule has 0 aliphatic carbocycles. The lowest BCUT2D eigenvalue weighted by Crippen LogP contribution is -2.44. The van der Waals surface area contributed by atoms with Gasteiger partial charge < -0.3 is 33.5 Å². The van der Waals surface area contributed by atoms with Gasteiger partial charge in [0.2, 0.25) is 0 Å². The molecule has 0 amide bonds. The molecule has 0 radical (unpaired) electrons. The van der Waals surface area contributed by atoms with E-state index in [1.165, 1.54) is 0 Å². The Morgan fingerprint density at radius 3 is 2.67 bits per heavy atom. The predicted octanol–water partition coefficient (Wildman–Crippen LogP) is 2.52. The Kier molecular flexibility index (Phi) is 8.83. The van der Waals surface area contributed by atoms with Gasteiger partial charge in [0.1, 0.15) is 19.0 Å². The van der Waals surface area contributed by atoms with Crippen LogP contribution in [-0.2, 0) is 35.0 Å². The Hall–Kier alpha value is -1.32. The Morgan fingerprint density at radius 1 is 1.20 bits per heavy atom. The predicted molar refractivity (Wildman–Crippen MR) is 111 cm³/mol. The Labute approximate surface area is 178 Å². The maximum atomic E-state index is 10.9. The van der Waals surface area contributed by atoms with Gasteiger partial charge in [0, 0.05) is 18.9 Å². The first-order valence-corrected chi connectivity index (χ1v) is 10.5. The zero-order valence-corrected chi connectivity index (χ0v) is 18.0. The Balaban J connectivity index is 1.67. The summed E-state index contributed by atoms with van der Waals surface area (Å²) in [5.41, 5.74) is 1.06. The van der Waals surface area contributed by atoms with Crippen LogP contribution < -0.4 is 0 Å². The van der Waals surface area contributed by atoms with Crippen LogP contribution >= 0.6 is 0 Å². The van der Waals surface area contributed by atoms with Crippen molar-refractivity contribution in [1.29, 1.82) is 0 Å². The van der Waals surface area contributed by atoms with Crippen LogP contribution in [0.4, 0.5) is 0 Å². The molecule has 8 atom stereocenters. The SMILES string of the molecule is C=CCO[C@H]1O[C@@H]([C@@H](OCc2ccccc2)[C@H](C)[C@H]2O[C@@H]2COCOC)[C@H](O)[C@H]1C. The second-order valence-electron chi connectivity index (χ2n) is 7.98. The van der Waals surface area contributed by atoms with Gasteiger partial charge in [-0.25, -0.2) is 0 Å². The van der Waals surface area contributed by atoms with E-state index in [-0.39, 0.29) is 36.9 Å². The van der Waals surface area contributed by atoms with Crippen molar-refractivity contribution in [2.24, 2.45) is 11.8 Å². The molecule has 0 aromatic heterocycles. The molecule has 3 rings (SSSR count). The third kappa shape index (κ3) is 5.88. The summed E-state index contributed by atoms with van der Waals surface area (Å²) in [5, 5.41) is 10.9. The molecule has 168 valence electrons. The third-order valence-corrected chi connectivity index (χ3v) is 5.72. The summed E-state index contributed by atoms with van der Waals surface area (Å²) in [6, 6.07) is 9.96. The molecular weight excluding hydrogens is 388 g/mol. The van der Waals surface area contributed by atoms with Gasteiger partial charge in [-0.15, -0.1) is 6.58 Å². The second kappa shape index (κ2) is 11.3. The summed E-state index contributed by atoms with van der Waals surface area (Å²) in [6.07, 6.45) is -0.451. The van der Waals surface area contributed by atoms with Crippen molar-refractivity contribution in [3.8, 4) is 0 Å². The van der Waals surface area contributed by atoms with Crippen LogP contribution in [0.15, 0.2) is 43.0 Å². The van der Waals surface area contributed by atoms with Gasteiger partial charge in [-0.3, -0.25) is 0 Å². The number of aliphatic hydroxyl groups excluding tert-OH is 1. The number of benzene rings is 1. The summed E-state index contributed by atoms with van der Waals surface area (Å²) in [5.74, 6) is -0.180. The molecule has 0 saturated carbocycles. The largest absolute Gasteiger partial charge is 0.390 e. The van der Waals surface area contributed by atoms with E-state index in [1.807, 2.05) is 37.3 Å². The molecule has 2 aliphatic rings. The lowest BCUT2D eigenvalue weighted by molar-refractivity contribution is -0.179. The topological polar surface area (TPSA) is 78.9 Å². The van der Waals surface area contributed by atoms with E-state index in [9.17, 15) is 5.11 Å². The van der Waals surface area contributed by atoms with E-state index in [0.29, 0.717) is 19.8 Å². The summed E-state index contributed by atoms with van der Waals surface area (Å²) in [7, 11) is 1.59. The van der Waals surface area contributed by atoms with Crippen molar-refractivity contribution >= 4 is 0 Å². The zero-order chi connectivity index (χ0) is 21.5. The molecule has 2 saturated heterocycles. The van der Waals surface area contributed by atoms with Crippen molar-refractivity contribution in [2.45, 2.75) is 57.3 Å². The number of ether oxygens (including phenoxy) is 6. The van der Waals surface area contributed by atoms with Crippen molar-refractivity contribution in [3.63, 3.8) is 0 Å². The summed E-state index contributed by atoms with van der Waals surface area (Å²) >= 11 is 0. The summed E-state index contributed by atoms with van der Waals surface area (Å²) in [4.78, 5) is 0. The van der Waals surface area contributed by atoms with Gasteiger partial charge in [0.15, 0.2) is 6.29 Å². The maximum absolute atomic E-state index is 10.9. The highest BCUT2D eigenvalue weighted by molar-refractivity contribution is 5.13. The maximum Gasteiger partial charge on any atom is 0.163 e. The number of aliphatic hydroxyl groups is 1. The van der Waals surface area contributed by atoms with Crippen LogP contribution in [-0.4, -0.2) is 69.0 Å². The molecule has 1 N–H and O–H groups in total. The van der Waals surface area contributed by atoms with E-state index in [2.05, 4.69) is 13.5 Å².